The molecule has 1 aliphatic carbocycles. The van der Waals surface area contributed by atoms with Crippen molar-refractivity contribution in [3.8, 4) is 5.75 Å². The standard InChI is InChI=1S/C21H27N3O.HI/c1-16-13-17(9-10-19(16)25-3)14-23-20(22-2)24-15-21(11-12-21)18-7-5-4-6-8-18;/h4-10,13H,11-12,14-15H2,1-3H3,(H2,22,23,24);1H. The van der Waals surface area contributed by atoms with E-state index in [9.17, 15) is 0 Å². The second-order valence-corrected chi connectivity index (χ2v) is 6.73. The van der Waals surface area contributed by atoms with Gasteiger partial charge in [0.1, 0.15) is 5.75 Å². The van der Waals surface area contributed by atoms with Gasteiger partial charge < -0.3 is 15.4 Å². The highest BCUT2D eigenvalue weighted by Crippen LogP contribution is 2.47. The number of nitrogens with zero attached hydrogens (tertiary/aromatic N) is 1. The first-order valence-electron chi connectivity index (χ1n) is 8.80. The number of halogens is 1. The van der Waals surface area contributed by atoms with E-state index in [2.05, 4.69) is 65.0 Å². The number of aryl methyl sites for hydroxylation is 1. The van der Waals surface area contributed by atoms with Gasteiger partial charge in [0.15, 0.2) is 5.96 Å². The molecule has 0 radical (unpaired) electrons. The number of aliphatic imine (C=N–C) groups is 1. The van der Waals surface area contributed by atoms with E-state index >= 15 is 0 Å². The van der Waals surface area contributed by atoms with Crippen molar-refractivity contribution in [2.45, 2.75) is 31.7 Å². The molecule has 1 saturated carbocycles. The normalized spacial score (nSPS) is 15.0. The van der Waals surface area contributed by atoms with Crippen LogP contribution in [0.15, 0.2) is 53.5 Å². The Morgan fingerprint density at radius 2 is 1.85 bits per heavy atom. The van der Waals surface area contributed by atoms with Crippen molar-refractivity contribution in [1.29, 1.82) is 0 Å². The van der Waals surface area contributed by atoms with Gasteiger partial charge in [-0.2, -0.15) is 0 Å². The lowest BCUT2D eigenvalue weighted by Gasteiger charge is -2.19. The molecular weight excluding hydrogens is 437 g/mol. The molecule has 5 heteroatoms. The predicted octanol–water partition coefficient (Wildman–Crippen LogP) is 4.02. The third-order valence-electron chi connectivity index (χ3n) is 4.98. The first kappa shape index (κ1) is 20.6. The van der Waals surface area contributed by atoms with Crippen LogP contribution in [0.3, 0.4) is 0 Å². The number of rotatable bonds is 6. The topological polar surface area (TPSA) is 45.7 Å². The van der Waals surface area contributed by atoms with Gasteiger partial charge in [0, 0.05) is 25.6 Å². The third-order valence-corrected chi connectivity index (χ3v) is 4.98. The van der Waals surface area contributed by atoms with Gasteiger partial charge in [-0.3, -0.25) is 4.99 Å². The van der Waals surface area contributed by atoms with Crippen molar-refractivity contribution in [2.24, 2.45) is 4.99 Å². The van der Waals surface area contributed by atoms with Gasteiger partial charge in [-0.05, 0) is 42.5 Å². The zero-order chi connectivity index (χ0) is 17.7. The van der Waals surface area contributed by atoms with Crippen LogP contribution in [0.1, 0.15) is 29.5 Å². The first-order valence-corrected chi connectivity index (χ1v) is 8.80. The number of methoxy groups -OCH3 is 1. The average molecular weight is 465 g/mol. The molecule has 1 aliphatic rings. The van der Waals surface area contributed by atoms with Crippen LogP contribution in [0.2, 0.25) is 0 Å². The van der Waals surface area contributed by atoms with Crippen molar-refractivity contribution in [1.82, 2.24) is 10.6 Å². The zero-order valence-electron chi connectivity index (χ0n) is 15.7. The summed E-state index contributed by atoms with van der Waals surface area (Å²) in [5.41, 5.74) is 4.05. The maximum absolute atomic E-state index is 5.32. The predicted molar refractivity (Wildman–Crippen MR) is 119 cm³/mol. The maximum atomic E-state index is 5.32. The lowest BCUT2D eigenvalue weighted by Crippen LogP contribution is -2.40. The molecular formula is C21H28IN3O. The van der Waals surface area contributed by atoms with Crippen LogP contribution in [0.5, 0.6) is 5.75 Å². The Morgan fingerprint density at radius 3 is 2.42 bits per heavy atom. The second kappa shape index (κ2) is 9.26. The molecule has 2 aromatic carbocycles. The Morgan fingerprint density at radius 1 is 1.12 bits per heavy atom. The van der Waals surface area contributed by atoms with E-state index in [-0.39, 0.29) is 29.4 Å². The molecule has 0 heterocycles. The van der Waals surface area contributed by atoms with Crippen LogP contribution in [0.4, 0.5) is 0 Å². The summed E-state index contributed by atoms with van der Waals surface area (Å²) >= 11 is 0. The van der Waals surface area contributed by atoms with Crippen LogP contribution < -0.4 is 15.4 Å². The van der Waals surface area contributed by atoms with Gasteiger partial charge in [0.25, 0.3) is 0 Å². The molecule has 0 atom stereocenters. The number of nitrogens with one attached hydrogen (secondary N) is 2. The summed E-state index contributed by atoms with van der Waals surface area (Å²) in [7, 11) is 3.52. The van der Waals surface area contributed by atoms with Crippen molar-refractivity contribution in [2.75, 3.05) is 20.7 Å². The summed E-state index contributed by atoms with van der Waals surface area (Å²) in [5.74, 6) is 1.76. The third kappa shape index (κ3) is 4.90. The quantitative estimate of drug-likeness (QED) is 0.385. The van der Waals surface area contributed by atoms with Gasteiger partial charge in [-0.15, -0.1) is 24.0 Å². The summed E-state index contributed by atoms with van der Waals surface area (Å²) in [4.78, 5) is 4.35. The first-order chi connectivity index (χ1) is 12.2. The molecule has 1 fully saturated rings. The van der Waals surface area contributed by atoms with Gasteiger partial charge in [-0.1, -0.05) is 42.5 Å². The van der Waals surface area contributed by atoms with Crippen LogP contribution in [-0.2, 0) is 12.0 Å². The SMILES string of the molecule is CN=C(NCc1ccc(OC)c(C)c1)NCC1(c2ccccc2)CC1.I. The Hall–Kier alpha value is -1.76. The monoisotopic (exact) mass is 465 g/mol. The zero-order valence-corrected chi connectivity index (χ0v) is 18.0. The molecule has 2 N–H and O–H groups in total. The number of guanidine groups is 1. The van der Waals surface area contributed by atoms with Crippen molar-refractivity contribution in [3.63, 3.8) is 0 Å². The molecule has 140 valence electrons. The molecule has 0 aliphatic heterocycles. The molecule has 3 rings (SSSR count). The van der Waals surface area contributed by atoms with E-state index in [1.807, 2.05) is 13.1 Å². The van der Waals surface area contributed by atoms with E-state index in [0.29, 0.717) is 0 Å². The van der Waals surface area contributed by atoms with Crippen molar-refractivity contribution < 1.29 is 4.74 Å². The maximum Gasteiger partial charge on any atom is 0.191 e. The summed E-state index contributed by atoms with van der Waals surface area (Å²) in [6, 6.07) is 17.0. The highest BCUT2D eigenvalue weighted by atomic mass is 127. The molecule has 4 nitrogen and oxygen atoms in total. The summed E-state index contributed by atoms with van der Waals surface area (Å²) in [6.45, 7) is 3.72. The Labute approximate surface area is 173 Å². The van der Waals surface area contributed by atoms with Crippen LogP contribution in [0.25, 0.3) is 0 Å². The van der Waals surface area contributed by atoms with Crippen LogP contribution in [-0.4, -0.2) is 26.7 Å². The average Bonchev–Trinajstić information content (AvgIpc) is 3.44. The second-order valence-electron chi connectivity index (χ2n) is 6.73. The molecule has 0 bridgehead atoms. The fraction of sp³-hybridized carbons (Fsp3) is 0.381. The Balaban J connectivity index is 0.00000243. The molecule has 0 saturated heterocycles. The van der Waals surface area contributed by atoms with Gasteiger partial charge in [-0.25, -0.2) is 0 Å². The number of hydrogen-bond acceptors (Lipinski definition) is 2. The Bertz CT molecular complexity index is 742. The van der Waals surface area contributed by atoms with E-state index < -0.39 is 0 Å². The lowest BCUT2D eigenvalue weighted by molar-refractivity contribution is 0.411. The summed E-state index contributed by atoms with van der Waals surface area (Å²) in [5, 5.41) is 6.89. The number of ether oxygens (including phenoxy) is 1. The molecule has 0 unspecified atom stereocenters. The largest absolute Gasteiger partial charge is 0.496 e. The minimum Gasteiger partial charge on any atom is -0.496 e. The molecule has 0 aromatic heterocycles. The van der Waals surface area contributed by atoms with Gasteiger partial charge in [0.2, 0.25) is 0 Å². The fourth-order valence-corrected chi connectivity index (χ4v) is 3.22. The fourth-order valence-electron chi connectivity index (χ4n) is 3.22. The summed E-state index contributed by atoms with van der Waals surface area (Å²) in [6.07, 6.45) is 2.47. The minimum atomic E-state index is 0. The number of hydrogen-bond donors (Lipinski definition) is 2. The van der Waals surface area contributed by atoms with E-state index in [4.69, 9.17) is 4.74 Å². The van der Waals surface area contributed by atoms with E-state index in [0.717, 1.165) is 30.4 Å². The van der Waals surface area contributed by atoms with Crippen molar-refractivity contribution in [3.05, 3.63) is 65.2 Å². The molecule has 2 aromatic rings. The van der Waals surface area contributed by atoms with Crippen molar-refractivity contribution >= 4 is 29.9 Å². The van der Waals surface area contributed by atoms with E-state index in [1.165, 1.54) is 24.0 Å². The minimum absolute atomic E-state index is 0. The number of benzene rings is 2. The van der Waals surface area contributed by atoms with Gasteiger partial charge in [0.05, 0.1) is 7.11 Å². The molecule has 26 heavy (non-hydrogen) atoms. The molecule has 0 spiro atoms. The smallest absolute Gasteiger partial charge is 0.191 e. The lowest BCUT2D eigenvalue weighted by atomic mass is 9.96. The summed E-state index contributed by atoms with van der Waals surface area (Å²) < 4.78 is 5.32. The van der Waals surface area contributed by atoms with Gasteiger partial charge >= 0.3 is 0 Å². The Kier molecular flexibility index (Phi) is 7.32. The molecule has 0 amide bonds. The highest BCUT2D eigenvalue weighted by molar-refractivity contribution is 14.0. The van der Waals surface area contributed by atoms with Crippen LogP contribution >= 0.6 is 24.0 Å². The van der Waals surface area contributed by atoms with E-state index in [1.54, 1.807) is 7.11 Å². The van der Waals surface area contributed by atoms with Crippen LogP contribution in [0, 0.1) is 6.92 Å². The highest BCUT2D eigenvalue weighted by Gasteiger charge is 2.43.